The van der Waals surface area contributed by atoms with Gasteiger partial charge in [0.1, 0.15) is 5.82 Å². The van der Waals surface area contributed by atoms with E-state index in [1.54, 1.807) is 49.4 Å². The normalized spacial score (nSPS) is 13.4. The van der Waals surface area contributed by atoms with E-state index in [9.17, 15) is 14.3 Å². The summed E-state index contributed by atoms with van der Waals surface area (Å²) < 4.78 is 13.6. The maximum Gasteiger partial charge on any atom is 0.223 e. The van der Waals surface area contributed by atoms with E-state index in [1.807, 2.05) is 0 Å². The summed E-state index contributed by atoms with van der Waals surface area (Å²) in [6, 6.07) is 13.0. The predicted molar refractivity (Wildman–Crippen MR) is 88.7 cm³/mol. The molecule has 23 heavy (non-hydrogen) atoms. The number of carbonyl (C=O) groups is 1. The summed E-state index contributed by atoms with van der Waals surface area (Å²) in [4.78, 5) is 12.0. The van der Waals surface area contributed by atoms with E-state index in [4.69, 9.17) is 11.6 Å². The van der Waals surface area contributed by atoms with Crippen LogP contribution in [0, 0.1) is 5.82 Å². The molecule has 0 aliphatic carbocycles. The van der Waals surface area contributed by atoms with Crippen molar-refractivity contribution >= 4 is 17.5 Å². The molecule has 0 aromatic heterocycles. The van der Waals surface area contributed by atoms with Gasteiger partial charge in [-0.05, 0) is 42.7 Å². The lowest BCUT2D eigenvalue weighted by molar-refractivity contribution is -0.123. The number of carbonyl (C=O) groups excluding carboxylic acids is 1. The molecule has 1 amide bonds. The van der Waals surface area contributed by atoms with Gasteiger partial charge in [-0.15, -0.1) is 0 Å². The predicted octanol–water partition coefficient (Wildman–Crippen LogP) is 3.65. The van der Waals surface area contributed by atoms with Gasteiger partial charge >= 0.3 is 0 Å². The first-order valence-corrected chi connectivity index (χ1v) is 7.80. The van der Waals surface area contributed by atoms with E-state index in [1.165, 1.54) is 6.07 Å². The summed E-state index contributed by atoms with van der Waals surface area (Å²) in [6.07, 6.45) is -0.550. The Bertz CT molecular complexity index is 660. The Morgan fingerprint density at radius 1 is 1.22 bits per heavy atom. The number of nitrogens with one attached hydrogen (secondary N) is 1. The third-order valence-corrected chi connectivity index (χ3v) is 3.78. The van der Waals surface area contributed by atoms with Crippen molar-refractivity contribution in [2.24, 2.45) is 0 Å². The fraction of sp³-hybridized carbons (Fsp3) is 0.278. The zero-order chi connectivity index (χ0) is 16.8. The van der Waals surface area contributed by atoms with E-state index < -0.39 is 6.10 Å². The highest BCUT2D eigenvalue weighted by Crippen LogP contribution is 2.19. The lowest BCUT2D eigenvalue weighted by Gasteiger charge is -2.16. The molecule has 0 radical (unpaired) electrons. The molecule has 3 nitrogen and oxygen atoms in total. The van der Waals surface area contributed by atoms with Gasteiger partial charge in [0.2, 0.25) is 5.91 Å². The summed E-state index contributed by atoms with van der Waals surface area (Å²) in [5.74, 6) is -0.564. The molecule has 122 valence electrons. The highest BCUT2D eigenvalue weighted by molar-refractivity contribution is 6.30. The van der Waals surface area contributed by atoms with Crippen molar-refractivity contribution in [3.05, 3.63) is 70.5 Å². The van der Waals surface area contributed by atoms with Crippen LogP contribution in [-0.2, 0) is 11.2 Å². The molecule has 0 saturated heterocycles. The molecule has 5 heteroatoms. The van der Waals surface area contributed by atoms with Crippen LogP contribution < -0.4 is 5.32 Å². The molecule has 0 aliphatic heterocycles. The number of amides is 1. The second-order valence-corrected chi connectivity index (χ2v) is 5.97. The first-order chi connectivity index (χ1) is 11.0. The molecule has 2 atom stereocenters. The first-order valence-electron chi connectivity index (χ1n) is 7.42. The summed E-state index contributed by atoms with van der Waals surface area (Å²) in [7, 11) is 0. The molecule has 0 bridgehead atoms. The number of hydrogen-bond acceptors (Lipinski definition) is 2. The highest BCUT2D eigenvalue weighted by atomic mass is 35.5. The largest absolute Gasteiger partial charge is 0.388 e. The van der Waals surface area contributed by atoms with Crippen LogP contribution in [0.5, 0.6) is 0 Å². The zero-order valence-electron chi connectivity index (χ0n) is 12.8. The van der Waals surface area contributed by atoms with Gasteiger partial charge in [0.15, 0.2) is 0 Å². The van der Waals surface area contributed by atoms with Crippen LogP contribution in [0.3, 0.4) is 0 Å². The highest BCUT2D eigenvalue weighted by Gasteiger charge is 2.15. The summed E-state index contributed by atoms with van der Waals surface area (Å²) in [5.41, 5.74) is 1.19. The molecule has 0 saturated carbocycles. The molecule has 2 aromatic carbocycles. The number of hydrogen-bond donors (Lipinski definition) is 2. The molecule has 0 aliphatic rings. The van der Waals surface area contributed by atoms with E-state index in [2.05, 4.69) is 5.32 Å². The smallest absolute Gasteiger partial charge is 0.223 e. The Kier molecular flexibility index (Phi) is 6.13. The maximum absolute atomic E-state index is 13.6. The fourth-order valence-electron chi connectivity index (χ4n) is 2.36. The van der Waals surface area contributed by atoms with Crippen LogP contribution in [-0.4, -0.2) is 17.1 Å². The number of rotatable bonds is 6. The Morgan fingerprint density at radius 2 is 1.87 bits per heavy atom. The summed E-state index contributed by atoms with van der Waals surface area (Å²) in [6.45, 7) is 1.80. The molecule has 2 unspecified atom stereocenters. The fourth-order valence-corrected chi connectivity index (χ4v) is 2.48. The third-order valence-electron chi connectivity index (χ3n) is 3.52. The van der Waals surface area contributed by atoms with Crippen LogP contribution in [0.4, 0.5) is 4.39 Å². The third kappa shape index (κ3) is 5.34. The van der Waals surface area contributed by atoms with Crippen molar-refractivity contribution in [3.8, 4) is 0 Å². The van der Waals surface area contributed by atoms with Crippen molar-refractivity contribution in [1.29, 1.82) is 0 Å². The van der Waals surface area contributed by atoms with Gasteiger partial charge in [-0.25, -0.2) is 4.39 Å². The van der Waals surface area contributed by atoms with E-state index in [-0.39, 0.29) is 24.2 Å². The van der Waals surface area contributed by atoms with E-state index in [0.717, 1.165) is 0 Å². The standard InChI is InChI=1S/C18H19ClFNO2/c1-12(10-14-4-2-3-5-16(14)20)21-18(23)11-17(22)13-6-8-15(19)9-7-13/h2-9,12,17,22H,10-11H2,1H3,(H,21,23). The lowest BCUT2D eigenvalue weighted by atomic mass is 10.0. The summed E-state index contributed by atoms with van der Waals surface area (Å²) >= 11 is 5.79. The topological polar surface area (TPSA) is 49.3 Å². The first kappa shape index (κ1) is 17.4. The Balaban J connectivity index is 1.86. The van der Waals surface area contributed by atoms with Crippen molar-refractivity contribution in [1.82, 2.24) is 5.32 Å². The van der Waals surface area contributed by atoms with Crippen LogP contribution in [0.15, 0.2) is 48.5 Å². The van der Waals surface area contributed by atoms with Crippen molar-refractivity contribution in [3.63, 3.8) is 0 Å². The van der Waals surface area contributed by atoms with Crippen molar-refractivity contribution < 1.29 is 14.3 Å². The molecule has 0 spiro atoms. The molecule has 0 fully saturated rings. The van der Waals surface area contributed by atoms with Gasteiger partial charge in [-0.3, -0.25) is 4.79 Å². The van der Waals surface area contributed by atoms with Crippen LogP contribution in [0.1, 0.15) is 30.6 Å². The maximum atomic E-state index is 13.6. The van der Waals surface area contributed by atoms with Crippen molar-refractivity contribution in [2.75, 3.05) is 0 Å². The minimum Gasteiger partial charge on any atom is -0.388 e. The van der Waals surface area contributed by atoms with Crippen LogP contribution >= 0.6 is 11.6 Å². The van der Waals surface area contributed by atoms with E-state index in [0.29, 0.717) is 22.6 Å². The number of halogens is 2. The molecule has 2 rings (SSSR count). The number of aliphatic hydroxyl groups excluding tert-OH is 1. The van der Waals surface area contributed by atoms with Crippen molar-refractivity contribution in [2.45, 2.75) is 31.9 Å². The number of benzene rings is 2. The monoisotopic (exact) mass is 335 g/mol. The number of aliphatic hydroxyl groups is 1. The SMILES string of the molecule is CC(Cc1ccccc1F)NC(=O)CC(O)c1ccc(Cl)cc1. The Labute approximate surface area is 140 Å². The van der Waals surface area contributed by atoms with Crippen LogP contribution in [0.2, 0.25) is 5.02 Å². The molecular formula is C18H19ClFNO2. The average Bonchev–Trinajstić information content (AvgIpc) is 2.50. The molecule has 2 N–H and O–H groups in total. The quantitative estimate of drug-likeness (QED) is 0.846. The van der Waals surface area contributed by atoms with Gasteiger partial charge in [0.25, 0.3) is 0 Å². The average molecular weight is 336 g/mol. The van der Waals surface area contributed by atoms with Gasteiger partial charge in [0.05, 0.1) is 12.5 Å². The summed E-state index contributed by atoms with van der Waals surface area (Å²) in [5, 5.41) is 13.4. The second-order valence-electron chi connectivity index (χ2n) is 5.54. The Morgan fingerprint density at radius 3 is 2.52 bits per heavy atom. The lowest BCUT2D eigenvalue weighted by Crippen LogP contribution is -2.35. The molecule has 2 aromatic rings. The zero-order valence-corrected chi connectivity index (χ0v) is 13.6. The minimum atomic E-state index is -0.895. The van der Waals surface area contributed by atoms with Crippen LogP contribution in [0.25, 0.3) is 0 Å². The van der Waals surface area contributed by atoms with Gasteiger partial charge < -0.3 is 10.4 Å². The van der Waals surface area contributed by atoms with Gasteiger partial charge in [0, 0.05) is 11.1 Å². The van der Waals surface area contributed by atoms with E-state index >= 15 is 0 Å². The van der Waals surface area contributed by atoms with Gasteiger partial charge in [-0.2, -0.15) is 0 Å². The molecular weight excluding hydrogens is 317 g/mol. The molecule has 0 heterocycles. The second kappa shape index (κ2) is 8.09. The van der Waals surface area contributed by atoms with Gasteiger partial charge in [-0.1, -0.05) is 41.9 Å². The minimum absolute atomic E-state index is 0.0523. The Hall–Kier alpha value is -1.91.